The SMILES string of the molecule is C/C(CCc1ccccc1)=C(/C)C(N)=O. The van der Waals surface area contributed by atoms with Gasteiger partial charge in [-0.1, -0.05) is 35.9 Å². The molecule has 2 heteroatoms. The van der Waals surface area contributed by atoms with Gasteiger partial charge in [-0.3, -0.25) is 4.79 Å². The van der Waals surface area contributed by atoms with Crippen LogP contribution in [0.3, 0.4) is 0 Å². The summed E-state index contributed by atoms with van der Waals surface area (Å²) in [6.45, 7) is 3.74. The van der Waals surface area contributed by atoms with E-state index in [1.54, 1.807) is 6.92 Å². The summed E-state index contributed by atoms with van der Waals surface area (Å²) in [5.74, 6) is -0.319. The molecule has 0 heterocycles. The Balaban J connectivity index is 2.58. The van der Waals surface area contributed by atoms with E-state index in [4.69, 9.17) is 5.73 Å². The van der Waals surface area contributed by atoms with Crippen molar-refractivity contribution in [2.24, 2.45) is 5.73 Å². The second kappa shape index (κ2) is 5.35. The van der Waals surface area contributed by atoms with Crippen molar-refractivity contribution in [3.05, 3.63) is 47.0 Å². The number of hydrogen-bond donors (Lipinski definition) is 1. The van der Waals surface area contributed by atoms with Crippen LogP contribution in [0, 0.1) is 0 Å². The van der Waals surface area contributed by atoms with Gasteiger partial charge < -0.3 is 5.73 Å². The fraction of sp³-hybridized carbons (Fsp3) is 0.308. The molecule has 0 saturated heterocycles. The Hall–Kier alpha value is -1.57. The van der Waals surface area contributed by atoms with Crippen LogP contribution in [-0.2, 0) is 11.2 Å². The maximum absolute atomic E-state index is 10.9. The molecule has 80 valence electrons. The molecule has 2 nitrogen and oxygen atoms in total. The molecule has 0 bridgehead atoms. The first-order chi connectivity index (χ1) is 7.11. The van der Waals surface area contributed by atoms with Gasteiger partial charge in [-0.05, 0) is 32.3 Å². The Kier molecular flexibility index (Phi) is 4.10. The summed E-state index contributed by atoms with van der Waals surface area (Å²) < 4.78 is 0. The van der Waals surface area contributed by atoms with E-state index in [-0.39, 0.29) is 5.91 Å². The molecule has 0 radical (unpaired) electrons. The molecular weight excluding hydrogens is 186 g/mol. The third kappa shape index (κ3) is 3.58. The Labute approximate surface area is 90.8 Å². The highest BCUT2D eigenvalue weighted by Crippen LogP contribution is 2.12. The summed E-state index contributed by atoms with van der Waals surface area (Å²) in [5.41, 5.74) is 8.26. The highest BCUT2D eigenvalue weighted by atomic mass is 16.1. The average Bonchev–Trinajstić information content (AvgIpc) is 2.26. The van der Waals surface area contributed by atoms with Crippen LogP contribution >= 0.6 is 0 Å². The van der Waals surface area contributed by atoms with E-state index in [0.717, 1.165) is 18.4 Å². The van der Waals surface area contributed by atoms with Crippen LogP contribution in [0.2, 0.25) is 0 Å². The van der Waals surface area contributed by atoms with E-state index in [1.165, 1.54) is 5.56 Å². The van der Waals surface area contributed by atoms with Gasteiger partial charge in [0.05, 0.1) is 0 Å². The van der Waals surface area contributed by atoms with Crippen LogP contribution in [0.25, 0.3) is 0 Å². The zero-order valence-electron chi connectivity index (χ0n) is 9.29. The lowest BCUT2D eigenvalue weighted by atomic mass is 10.0. The molecule has 0 aliphatic carbocycles. The number of carbonyl (C=O) groups excluding carboxylic acids is 1. The molecule has 0 saturated carbocycles. The highest BCUT2D eigenvalue weighted by Gasteiger charge is 2.02. The monoisotopic (exact) mass is 203 g/mol. The molecule has 0 aromatic heterocycles. The van der Waals surface area contributed by atoms with Crippen LogP contribution in [0.1, 0.15) is 25.8 Å². The number of primary amides is 1. The normalized spacial score (nSPS) is 12.1. The molecule has 0 aliphatic rings. The minimum absolute atomic E-state index is 0.319. The standard InChI is InChI=1S/C13H17NO/c1-10(11(2)13(14)15)8-9-12-6-4-3-5-7-12/h3-7H,8-9H2,1-2H3,(H2,14,15)/b11-10+. The second-order valence-corrected chi connectivity index (χ2v) is 3.76. The second-order valence-electron chi connectivity index (χ2n) is 3.76. The van der Waals surface area contributed by atoms with Crippen molar-refractivity contribution in [2.75, 3.05) is 0 Å². The van der Waals surface area contributed by atoms with Crippen LogP contribution in [0.4, 0.5) is 0 Å². The molecule has 1 amide bonds. The summed E-state index contributed by atoms with van der Waals surface area (Å²) in [5, 5.41) is 0. The summed E-state index contributed by atoms with van der Waals surface area (Å²) in [6.07, 6.45) is 1.84. The van der Waals surface area contributed by atoms with Gasteiger partial charge in [0.1, 0.15) is 0 Å². The molecule has 0 unspecified atom stereocenters. The number of aryl methyl sites for hydroxylation is 1. The Bertz CT molecular complexity index is 365. The topological polar surface area (TPSA) is 43.1 Å². The maximum Gasteiger partial charge on any atom is 0.244 e. The smallest absolute Gasteiger partial charge is 0.244 e. The maximum atomic E-state index is 10.9. The summed E-state index contributed by atoms with van der Waals surface area (Å²) in [6, 6.07) is 10.2. The summed E-state index contributed by atoms with van der Waals surface area (Å²) in [4.78, 5) is 10.9. The third-order valence-corrected chi connectivity index (χ3v) is 2.64. The molecule has 2 N–H and O–H groups in total. The van der Waals surface area contributed by atoms with Crippen molar-refractivity contribution < 1.29 is 4.79 Å². The first kappa shape index (κ1) is 11.5. The Morgan fingerprint density at radius 1 is 1.20 bits per heavy atom. The minimum Gasteiger partial charge on any atom is -0.366 e. The molecule has 0 spiro atoms. The highest BCUT2D eigenvalue weighted by molar-refractivity contribution is 5.91. The predicted octanol–water partition coefficient (Wildman–Crippen LogP) is 2.44. The largest absolute Gasteiger partial charge is 0.366 e. The zero-order valence-corrected chi connectivity index (χ0v) is 9.29. The van der Waals surface area contributed by atoms with Gasteiger partial charge in [-0.15, -0.1) is 0 Å². The number of nitrogens with two attached hydrogens (primary N) is 1. The number of rotatable bonds is 4. The van der Waals surface area contributed by atoms with Gasteiger partial charge in [-0.25, -0.2) is 0 Å². The van der Waals surface area contributed by atoms with E-state index >= 15 is 0 Å². The van der Waals surface area contributed by atoms with E-state index in [2.05, 4.69) is 12.1 Å². The quantitative estimate of drug-likeness (QED) is 0.750. The minimum atomic E-state index is -0.319. The van der Waals surface area contributed by atoms with Gasteiger partial charge in [-0.2, -0.15) is 0 Å². The Morgan fingerprint density at radius 3 is 2.33 bits per heavy atom. The van der Waals surface area contributed by atoms with E-state index < -0.39 is 0 Å². The lowest BCUT2D eigenvalue weighted by Crippen LogP contribution is -2.13. The van der Waals surface area contributed by atoms with Gasteiger partial charge >= 0.3 is 0 Å². The van der Waals surface area contributed by atoms with Crippen LogP contribution in [-0.4, -0.2) is 5.91 Å². The number of hydrogen-bond acceptors (Lipinski definition) is 1. The van der Waals surface area contributed by atoms with Crippen molar-refractivity contribution in [3.63, 3.8) is 0 Å². The van der Waals surface area contributed by atoms with Crippen molar-refractivity contribution in [1.82, 2.24) is 0 Å². The van der Waals surface area contributed by atoms with Gasteiger partial charge in [0, 0.05) is 5.57 Å². The van der Waals surface area contributed by atoms with E-state index in [1.807, 2.05) is 25.1 Å². The average molecular weight is 203 g/mol. The van der Waals surface area contributed by atoms with E-state index in [0.29, 0.717) is 5.57 Å². The van der Waals surface area contributed by atoms with Crippen molar-refractivity contribution in [1.29, 1.82) is 0 Å². The van der Waals surface area contributed by atoms with Crippen LogP contribution in [0.15, 0.2) is 41.5 Å². The number of allylic oxidation sites excluding steroid dienone is 1. The van der Waals surface area contributed by atoms with Gasteiger partial charge in [0.25, 0.3) is 0 Å². The number of benzene rings is 1. The van der Waals surface area contributed by atoms with Crippen molar-refractivity contribution in [2.45, 2.75) is 26.7 Å². The fourth-order valence-electron chi connectivity index (χ4n) is 1.37. The zero-order chi connectivity index (χ0) is 11.3. The number of carbonyl (C=O) groups is 1. The van der Waals surface area contributed by atoms with E-state index in [9.17, 15) is 4.79 Å². The van der Waals surface area contributed by atoms with Crippen molar-refractivity contribution >= 4 is 5.91 Å². The van der Waals surface area contributed by atoms with Gasteiger partial charge in [0.15, 0.2) is 0 Å². The molecule has 1 rings (SSSR count). The molecule has 1 aromatic carbocycles. The van der Waals surface area contributed by atoms with Crippen LogP contribution < -0.4 is 5.73 Å². The first-order valence-electron chi connectivity index (χ1n) is 5.11. The molecule has 0 fully saturated rings. The molecule has 1 aromatic rings. The van der Waals surface area contributed by atoms with Crippen molar-refractivity contribution in [3.8, 4) is 0 Å². The molecule has 0 atom stereocenters. The van der Waals surface area contributed by atoms with Crippen LogP contribution in [0.5, 0.6) is 0 Å². The predicted molar refractivity (Wildman–Crippen MR) is 62.3 cm³/mol. The lowest BCUT2D eigenvalue weighted by Gasteiger charge is -2.04. The molecular formula is C13H17NO. The first-order valence-corrected chi connectivity index (χ1v) is 5.11. The third-order valence-electron chi connectivity index (χ3n) is 2.64. The van der Waals surface area contributed by atoms with Gasteiger partial charge in [0.2, 0.25) is 5.91 Å². The lowest BCUT2D eigenvalue weighted by molar-refractivity contribution is -0.114. The fourth-order valence-corrected chi connectivity index (χ4v) is 1.37. The molecule has 15 heavy (non-hydrogen) atoms. The summed E-state index contributed by atoms with van der Waals surface area (Å²) in [7, 11) is 0. The summed E-state index contributed by atoms with van der Waals surface area (Å²) >= 11 is 0. The Morgan fingerprint density at radius 2 is 1.80 bits per heavy atom. The number of amides is 1. The molecule has 0 aliphatic heterocycles.